The molecular formula is C22H43N5O. The molecule has 1 amide bonds. The summed E-state index contributed by atoms with van der Waals surface area (Å²) in [6.45, 7) is 3.23. The summed E-state index contributed by atoms with van der Waals surface area (Å²) in [7, 11) is 0. The first-order valence-electron chi connectivity index (χ1n) is 11.0. The average molecular weight is 394 g/mol. The number of carbonyl (C=O) groups excluding carboxylic acids is 1. The van der Waals surface area contributed by atoms with E-state index >= 15 is 0 Å². The van der Waals surface area contributed by atoms with Crippen molar-refractivity contribution in [2.45, 2.75) is 77.0 Å². The number of nitrogens with zero attached hydrogens (tertiary/aromatic N) is 1. The summed E-state index contributed by atoms with van der Waals surface area (Å²) in [5.74, 6) is -0.0134. The highest BCUT2D eigenvalue weighted by Gasteiger charge is 2.02. The number of carbonyl (C=O) groups is 1. The maximum atomic E-state index is 11.7. The third-order valence-corrected chi connectivity index (χ3v) is 4.52. The van der Waals surface area contributed by atoms with Crippen LogP contribution in [-0.2, 0) is 0 Å². The van der Waals surface area contributed by atoms with Crippen LogP contribution in [0, 0.1) is 0 Å². The molecule has 7 N–H and O–H groups in total. The van der Waals surface area contributed by atoms with E-state index in [9.17, 15) is 4.79 Å². The van der Waals surface area contributed by atoms with Crippen molar-refractivity contribution in [2.24, 2.45) is 17.2 Å². The van der Waals surface area contributed by atoms with Gasteiger partial charge in [0, 0.05) is 24.5 Å². The Labute approximate surface area is 172 Å². The first-order chi connectivity index (χ1) is 13.8. The van der Waals surface area contributed by atoms with E-state index in [0.717, 1.165) is 39.0 Å². The van der Waals surface area contributed by atoms with Crippen molar-refractivity contribution in [1.82, 2.24) is 10.3 Å². The Morgan fingerprint density at radius 2 is 1.07 bits per heavy atom. The molecule has 0 fully saturated rings. The molecule has 0 aromatic carbocycles. The third kappa shape index (κ3) is 17.9. The summed E-state index contributed by atoms with van der Waals surface area (Å²) < 4.78 is 0. The van der Waals surface area contributed by atoms with Crippen LogP contribution in [0.5, 0.6) is 0 Å². The molecule has 0 spiro atoms. The van der Waals surface area contributed by atoms with Crippen LogP contribution >= 0.6 is 0 Å². The van der Waals surface area contributed by atoms with Crippen LogP contribution in [0.2, 0.25) is 0 Å². The second-order valence-corrected chi connectivity index (χ2v) is 7.10. The quantitative estimate of drug-likeness (QED) is 0.321. The van der Waals surface area contributed by atoms with Crippen LogP contribution in [0.4, 0.5) is 0 Å². The molecule has 162 valence electrons. The van der Waals surface area contributed by atoms with Crippen molar-refractivity contribution < 1.29 is 4.79 Å². The fraction of sp³-hybridized carbons (Fsp3) is 0.727. The number of hydrogen-bond donors (Lipinski definition) is 4. The molecule has 6 heteroatoms. The Hall–Kier alpha value is -1.50. The summed E-state index contributed by atoms with van der Waals surface area (Å²) in [4.78, 5) is 15.6. The summed E-state index contributed by atoms with van der Waals surface area (Å²) in [5, 5.41) is 2.91. The molecule has 0 aliphatic heterocycles. The molecule has 0 saturated heterocycles. The standard InChI is InChI=1S/C14H23N3O.C8H20N2/c15-9-5-3-1-2-4-6-10-17-14(18)13-7-11-16-12-8-13;9-7-5-3-1-2-4-6-8-10/h7-8,11-12H,1-6,9-10,15H2,(H,17,18);1-10H2. The van der Waals surface area contributed by atoms with Crippen molar-refractivity contribution in [3.8, 4) is 0 Å². The Balaban J connectivity index is 0.000000621. The van der Waals surface area contributed by atoms with Gasteiger partial charge in [0.05, 0.1) is 0 Å². The number of nitrogens with two attached hydrogens (primary N) is 3. The van der Waals surface area contributed by atoms with Crippen LogP contribution in [0.25, 0.3) is 0 Å². The first-order valence-corrected chi connectivity index (χ1v) is 11.0. The maximum Gasteiger partial charge on any atom is 0.251 e. The minimum Gasteiger partial charge on any atom is -0.352 e. The van der Waals surface area contributed by atoms with Gasteiger partial charge in [-0.25, -0.2) is 0 Å². The normalized spacial score (nSPS) is 10.2. The molecule has 0 radical (unpaired) electrons. The second kappa shape index (κ2) is 21.8. The Kier molecular flexibility index (Phi) is 20.6. The zero-order chi connectivity index (χ0) is 20.7. The van der Waals surface area contributed by atoms with Crippen LogP contribution in [-0.4, -0.2) is 37.1 Å². The molecule has 0 bridgehead atoms. The van der Waals surface area contributed by atoms with Gasteiger partial charge in [0.25, 0.3) is 5.91 Å². The molecule has 0 atom stereocenters. The highest BCUT2D eigenvalue weighted by molar-refractivity contribution is 5.93. The number of rotatable bonds is 16. The zero-order valence-corrected chi connectivity index (χ0v) is 17.7. The van der Waals surface area contributed by atoms with E-state index < -0.39 is 0 Å². The molecule has 1 aromatic heterocycles. The maximum absolute atomic E-state index is 11.7. The molecule has 1 aromatic rings. The van der Waals surface area contributed by atoms with E-state index in [-0.39, 0.29) is 5.91 Å². The van der Waals surface area contributed by atoms with Gasteiger partial charge in [-0.15, -0.1) is 0 Å². The van der Waals surface area contributed by atoms with E-state index in [1.165, 1.54) is 64.2 Å². The lowest BCUT2D eigenvalue weighted by Crippen LogP contribution is -2.24. The SMILES string of the molecule is NCCCCCCCCN.NCCCCCCCCNC(=O)c1ccncc1. The fourth-order valence-electron chi connectivity index (χ4n) is 2.78. The van der Waals surface area contributed by atoms with Gasteiger partial charge in [0.1, 0.15) is 0 Å². The number of hydrogen-bond acceptors (Lipinski definition) is 5. The molecule has 0 unspecified atom stereocenters. The lowest BCUT2D eigenvalue weighted by atomic mass is 10.1. The largest absolute Gasteiger partial charge is 0.352 e. The summed E-state index contributed by atoms with van der Waals surface area (Å²) in [6, 6.07) is 3.45. The lowest BCUT2D eigenvalue weighted by Gasteiger charge is -2.05. The fourth-order valence-corrected chi connectivity index (χ4v) is 2.78. The molecule has 1 heterocycles. The van der Waals surface area contributed by atoms with Crippen LogP contribution in [0.3, 0.4) is 0 Å². The van der Waals surface area contributed by atoms with Crippen molar-refractivity contribution in [3.63, 3.8) is 0 Å². The van der Waals surface area contributed by atoms with E-state index in [1.807, 2.05) is 0 Å². The van der Waals surface area contributed by atoms with Gasteiger partial charge in [-0.3, -0.25) is 9.78 Å². The molecule has 1 rings (SSSR count). The third-order valence-electron chi connectivity index (χ3n) is 4.52. The molecule has 0 saturated carbocycles. The van der Waals surface area contributed by atoms with Crippen molar-refractivity contribution in [2.75, 3.05) is 26.2 Å². The Morgan fingerprint density at radius 1 is 0.679 bits per heavy atom. The van der Waals surface area contributed by atoms with Gasteiger partial charge < -0.3 is 22.5 Å². The highest BCUT2D eigenvalue weighted by atomic mass is 16.1. The number of pyridine rings is 1. The lowest BCUT2D eigenvalue weighted by molar-refractivity contribution is 0.0953. The van der Waals surface area contributed by atoms with Crippen LogP contribution in [0.1, 0.15) is 87.4 Å². The smallest absolute Gasteiger partial charge is 0.251 e. The topological polar surface area (TPSA) is 120 Å². The van der Waals surface area contributed by atoms with Crippen molar-refractivity contribution in [3.05, 3.63) is 30.1 Å². The molecular weight excluding hydrogens is 350 g/mol. The minimum absolute atomic E-state index is 0.0134. The Bertz CT molecular complexity index is 434. The molecule has 0 aliphatic carbocycles. The van der Waals surface area contributed by atoms with Gasteiger partial charge in [-0.2, -0.15) is 0 Å². The highest BCUT2D eigenvalue weighted by Crippen LogP contribution is 2.04. The predicted molar refractivity (Wildman–Crippen MR) is 119 cm³/mol. The van der Waals surface area contributed by atoms with Crippen LogP contribution in [0.15, 0.2) is 24.5 Å². The van der Waals surface area contributed by atoms with Crippen molar-refractivity contribution >= 4 is 5.91 Å². The van der Waals surface area contributed by atoms with Crippen LogP contribution < -0.4 is 22.5 Å². The van der Waals surface area contributed by atoms with Gasteiger partial charge in [-0.05, 0) is 57.5 Å². The van der Waals surface area contributed by atoms with Gasteiger partial charge in [0.2, 0.25) is 0 Å². The number of amides is 1. The molecule has 0 aliphatic rings. The molecule has 28 heavy (non-hydrogen) atoms. The van der Waals surface area contributed by atoms with E-state index in [4.69, 9.17) is 17.2 Å². The van der Waals surface area contributed by atoms with Crippen molar-refractivity contribution in [1.29, 1.82) is 0 Å². The summed E-state index contributed by atoms with van der Waals surface area (Å²) in [5.41, 5.74) is 16.8. The van der Waals surface area contributed by atoms with Gasteiger partial charge in [0.15, 0.2) is 0 Å². The number of nitrogens with one attached hydrogen (secondary N) is 1. The van der Waals surface area contributed by atoms with E-state index in [1.54, 1.807) is 24.5 Å². The van der Waals surface area contributed by atoms with Gasteiger partial charge >= 0.3 is 0 Å². The predicted octanol–water partition coefficient (Wildman–Crippen LogP) is 3.36. The first kappa shape index (κ1) is 26.5. The summed E-state index contributed by atoms with van der Waals surface area (Å²) >= 11 is 0. The minimum atomic E-state index is -0.0134. The average Bonchev–Trinajstić information content (AvgIpc) is 2.73. The monoisotopic (exact) mass is 393 g/mol. The zero-order valence-electron chi connectivity index (χ0n) is 17.7. The molecule has 6 nitrogen and oxygen atoms in total. The number of aromatic nitrogens is 1. The van der Waals surface area contributed by atoms with E-state index in [0.29, 0.717) is 5.56 Å². The van der Waals surface area contributed by atoms with Gasteiger partial charge in [-0.1, -0.05) is 51.4 Å². The number of unbranched alkanes of at least 4 members (excludes halogenated alkanes) is 10. The Morgan fingerprint density at radius 3 is 1.50 bits per heavy atom. The second-order valence-electron chi connectivity index (χ2n) is 7.10. The van der Waals surface area contributed by atoms with E-state index in [2.05, 4.69) is 10.3 Å². The summed E-state index contributed by atoms with van der Waals surface area (Å²) in [6.07, 6.45) is 17.9.